The van der Waals surface area contributed by atoms with Gasteiger partial charge in [0.05, 0.1) is 6.10 Å². The summed E-state index contributed by atoms with van der Waals surface area (Å²) in [6.45, 7) is 12.4. The van der Waals surface area contributed by atoms with E-state index in [9.17, 15) is 4.79 Å². The maximum atomic E-state index is 12.2. The molecular weight excluding hydrogens is 368 g/mol. The van der Waals surface area contributed by atoms with Crippen LogP contribution in [0.2, 0.25) is 0 Å². The fraction of sp³-hybridized carbons (Fsp3) is 0.893. The van der Waals surface area contributed by atoms with Gasteiger partial charge < -0.3 is 4.74 Å². The molecule has 3 fully saturated rings. The van der Waals surface area contributed by atoms with E-state index in [1.807, 2.05) is 13.2 Å². The highest BCUT2D eigenvalue weighted by molar-refractivity contribution is 5.91. The fourth-order valence-electron chi connectivity index (χ4n) is 8.76. The topological polar surface area (TPSA) is 26.3 Å². The fourth-order valence-corrected chi connectivity index (χ4v) is 8.76. The smallest absolute Gasteiger partial charge is 0.155 e. The van der Waals surface area contributed by atoms with Crippen LogP contribution in [0.1, 0.15) is 98.8 Å². The molecule has 2 heteroatoms. The molecule has 0 aromatic heterocycles. The molecule has 0 aliphatic heterocycles. The number of carbonyl (C=O) groups is 1. The molecule has 0 aromatic carbocycles. The van der Waals surface area contributed by atoms with E-state index in [2.05, 4.69) is 34.6 Å². The summed E-state index contributed by atoms with van der Waals surface area (Å²) in [6.07, 6.45) is 14.8. The first kappa shape index (κ1) is 22.6. The first-order valence-corrected chi connectivity index (χ1v) is 13.0. The molecule has 30 heavy (non-hydrogen) atoms. The molecule has 0 radical (unpaired) electrons. The molecule has 0 aromatic rings. The Kier molecular flexibility index (Phi) is 6.30. The molecule has 0 N–H and O–H groups in total. The number of carbonyl (C=O) groups excluding carboxylic acids is 1. The summed E-state index contributed by atoms with van der Waals surface area (Å²) >= 11 is 0. The predicted octanol–water partition coefficient (Wildman–Crippen LogP) is 7.22. The van der Waals surface area contributed by atoms with Crippen molar-refractivity contribution in [3.63, 3.8) is 0 Å². The van der Waals surface area contributed by atoms with Gasteiger partial charge in [0.1, 0.15) is 0 Å². The SMILES string of the molecule is CO[C@H]1CC2=CC(=O)CC[C@]2(C)[C@H]2CC[C@]3(C)[C@@H]([C@@H](C)CCCC(C)C)CC[C@H]3[C@H]12. The Bertz CT molecular complexity index is 678. The predicted molar refractivity (Wildman–Crippen MR) is 124 cm³/mol. The van der Waals surface area contributed by atoms with Crippen molar-refractivity contribution in [3.8, 4) is 0 Å². The molecule has 0 spiro atoms. The summed E-state index contributed by atoms with van der Waals surface area (Å²) in [4.78, 5) is 12.2. The Morgan fingerprint density at radius 2 is 1.83 bits per heavy atom. The number of ketones is 1. The lowest BCUT2D eigenvalue weighted by molar-refractivity contribution is -0.130. The molecule has 170 valence electrons. The summed E-state index contributed by atoms with van der Waals surface area (Å²) < 4.78 is 6.18. The Morgan fingerprint density at radius 1 is 1.07 bits per heavy atom. The lowest BCUT2D eigenvalue weighted by Gasteiger charge is -2.60. The molecule has 4 aliphatic rings. The van der Waals surface area contributed by atoms with Gasteiger partial charge in [0, 0.05) is 13.5 Å². The van der Waals surface area contributed by atoms with Gasteiger partial charge >= 0.3 is 0 Å². The van der Waals surface area contributed by atoms with Gasteiger partial charge in [-0.15, -0.1) is 0 Å². The Morgan fingerprint density at radius 3 is 2.53 bits per heavy atom. The summed E-state index contributed by atoms with van der Waals surface area (Å²) in [5, 5.41) is 0. The van der Waals surface area contributed by atoms with Crippen molar-refractivity contribution in [3.05, 3.63) is 11.6 Å². The average molecular weight is 415 g/mol. The molecule has 2 nitrogen and oxygen atoms in total. The number of methoxy groups -OCH3 is 1. The second kappa shape index (κ2) is 8.38. The van der Waals surface area contributed by atoms with Crippen LogP contribution in [0.3, 0.4) is 0 Å². The van der Waals surface area contributed by atoms with Gasteiger partial charge in [-0.05, 0) is 90.9 Å². The minimum Gasteiger partial charge on any atom is -0.381 e. The third-order valence-corrected chi connectivity index (χ3v) is 10.5. The van der Waals surface area contributed by atoms with Crippen LogP contribution in [0.4, 0.5) is 0 Å². The van der Waals surface area contributed by atoms with Gasteiger partial charge in [-0.1, -0.05) is 59.5 Å². The third-order valence-electron chi connectivity index (χ3n) is 10.5. The first-order valence-electron chi connectivity index (χ1n) is 13.0. The monoisotopic (exact) mass is 414 g/mol. The largest absolute Gasteiger partial charge is 0.381 e. The zero-order valence-electron chi connectivity index (χ0n) is 20.5. The van der Waals surface area contributed by atoms with Crippen molar-refractivity contribution in [2.24, 2.45) is 46.3 Å². The maximum Gasteiger partial charge on any atom is 0.155 e. The summed E-state index contributed by atoms with van der Waals surface area (Å²) in [5.41, 5.74) is 2.12. The van der Waals surface area contributed by atoms with E-state index in [0.717, 1.165) is 42.9 Å². The van der Waals surface area contributed by atoms with Gasteiger partial charge in [0.15, 0.2) is 5.78 Å². The molecule has 0 unspecified atom stereocenters. The zero-order valence-corrected chi connectivity index (χ0v) is 20.5. The van der Waals surface area contributed by atoms with Crippen LogP contribution in [-0.4, -0.2) is 19.0 Å². The van der Waals surface area contributed by atoms with E-state index < -0.39 is 0 Å². The Labute approximate surface area is 185 Å². The molecule has 0 heterocycles. The number of ether oxygens (including phenoxy) is 1. The Hall–Kier alpha value is -0.630. The summed E-state index contributed by atoms with van der Waals surface area (Å²) in [5.74, 6) is 5.07. The van der Waals surface area contributed by atoms with Crippen LogP contribution in [0, 0.1) is 46.3 Å². The molecule has 8 atom stereocenters. The van der Waals surface area contributed by atoms with Gasteiger partial charge in [-0.25, -0.2) is 0 Å². The van der Waals surface area contributed by atoms with Gasteiger partial charge in [-0.2, -0.15) is 0 Å². The van der Waals surface area contributed by atoms with E-state index >= 15 is 0 Å². The molecular formula is C28H46O2. The molecule has 4 aliphatic carbocycles. The van der Waals surface area contributed by atoms with E-state index in [1.54, 1.807) is 0 Å². The van der Waals surface area contributed by atoms with Gasteiger partial charge in [-0.3, -0.25) is 4.79 Å². The molecule has 0 amide bonds. The van der Waals surface area contributed by atoms with Crippen molar-refractivity contribution >= 4 is 5.78 Å². The van der Waals surface area contributed by atoms with E-state index in [-0.39, 0.29) is 5.41 Å². The number of hydrogen-bond donors (Lipinski definition) is 0. The normalized spacial score (nSPS) is 44.3. The van der Waals surface area contributed by atoms with Crippen LogP contribution < -0.4 is 0 Å². The van der Waals surface area contributed by atoms with Crippen LogP contribution in [0.15, 0.2) is 11.6 Å². The van der Waals surface area contributed by atoms with Crippen LogP contribution in [0.5, 0.6) is 0 Å². The Balaban J connectivity index is 1.56. The van der Waals surface area contributed by atoms with Gasteiger partial charge in [0.2, 0.25) is 0 Å². The number of rotatable bonds is 6. The summed E-state index contributed by atoms with van der Waals surface area (Å²) in [6, 6.07) is 0. The summed E-state index contributed by atoms with van der Waals surface area (Å²) in [7, 11) is 1.92. The van der Waals surface area contributed by atoms with E-state index in [0.29, 0.717) is 29.1 Å². The minimum atomic E-state index is 0.232. The number of hydrogen-bond acceptors (Lipinski definition) is 2. The lowest BCUT2D eigenvalue weighted by atomic mass is 9.45. The molecule has 0 saturated heterocycles. The second-order valence-corrected chi connectivity index (χ2v) is 12.4. The van der Waals surface area contributed by atoms with Crippen LogP contribution in [0.25, 0.3) is 0 Å². The standard InChI is InChI=1S/C28H46O2/c1-18(2)8-7-9-19(3)22-10-11-23-26-24(13-15-28(22,23)5)27(4)14-12-21(29)16-20(27)17-25(26)30-6/h16,18-19,22-26H,7-15,17H2,1-6H3/t19-,22+,23-,24-,25-,26-,27-,28+/m0/s1. The van der Waals surface area contributed by atoms with Crippen molar-refractivity contribution < 1.29 is 9.53 Å². The second-order valence-electron chi connectivity index (χ2n) is 12.4. The van der Waals surface area contributed by atoms with E-state index in [1.165, 1.54) is 50.5 Å². The van der Waals surface area contributed by atoms with Gasteiger partial charge in [0.25, 0.3) is 0 Å². The number of fused-ring (bicyclic) bond motifs is 5. The van der Waals surface area contributed by atoms with Crippen LogP contribution >= 0.6 is 0 Å². The lowest BCUT2D eigenvalue weighted by Crippen LogP contribution is -2.56. The van der Waals surface area contributed by atoms with Crippen molar-refractivity contribution in [2.45, 2.75) is 105 Å². The van der Waals surface area contributed by atoms with Crippen molar-refractivity contribution in [2.75, 3.05) is 7.11 Å². The third kappa shape index (κ3) is 3.63. The highest BCUT2D eigenvalue weighted by Crippen LogP contribution is 2.68. The van der Waals surface area contributed by atoms with Crippen molar-refractivity contribution in [1.82, 2.24) is 0 Å². The minimum absolute atomic E-state index is 0.232. The van der Waals surface area contributed by atoms with E-state index in [4.69, 9.17) is 4.74 Å². The van der Waals surface area contributed by atoms with Crippen molar-refractivity contribution in [1.29, 1.82) is 0 Å². The molecule has 3 saturated carbocycles. The quantitative estimate of drug-likeness (QED) is 0.458. The highest BCUT2D eigenvalue weighted by atomic mass is 16.5. The zero-order chi connectivity index (χ0) is 21.7. The molecule has 0 bridgehead atoms. The average Bonchev–Trinajstić information content (AvgIpc) is 3.05. The highest BCUT2D eigenvalue weighted by Gasteiger charge is 2.61. The molecule has 4 rings (SSSR count). The maximum absolute atomic E-state index is 12.2. The first-order chi connectivity index (χ1) is 14.2. The van der Waals surface area contributed by atoms with Crippen LogP contribution in [-0.2, 0) is 9.53 Å².